The molecule has 0 aliphatic carbocycles. The summed E-state index contributed by atoms with van der Waals surface area (Å²) in [6, 6.07) is 0. The molecule has 1 saturated heterocycles. The lowest BCUT2D eigenvalue weighted by molar-refractivity contribution is 0.121. The Balaban J connectivity index is 2.23. The number of thiazole rings is 1. The highest BCUT2D eigenvalue weighted by molar-refractivity contribution is 7.15. The zero-order valence-corrected chi connectivity index (χ0v) is 12.5. The minimum absolute atomic E-state index is 0.0594. The van der Waals surface area contributed by atoms with E-state index in [0.29, 0.717) is 12.6 Å². The third-order valence-corrected chi connectivity index (χ3v) is 4.47. The van der Waals surface area contributed by atoms with Crippen LogP contribution in [0.5, 0.6) is 0 Å². The van der Waals surface area contributed by atoms with E-state index >= 15 is 0 Å². The van der Waals surface area contributed by atoms with Crippen LogP contribution in [0.15, 0.2) is 0 Å². The van der Waals surface area contributed by atoms with Gasteiger partial charge >= 0.3 is 0 Å². The summed E-state index contributed by atoms with van der Waals surface area (Å²) in [7, 11) is 1.78. The van der Waals surface area contributed by atoms with Crippen LogP contribution in [-0.2, 0) is 16.7 Å². The largest absolute Gasteiger partial charge is 0.380 e. The van der Waals surface area contributed by atoms with Gasteiger partial charge in [-0.05, 0) is 6.42 Å². The van der Waals surface area contributed by atoms with Gasteiger partial charge in [-0.25, -0.2) is 4.98 Å². The minimum atomic E-state index is 0.0594. The third-order valence-electron chi connectivity index (χ3n) is 3.33. The van der Waals surface area contributed by atoms with Crippen LogP contribution in [-0.4, -0.2) is 31.3 Å². The highest BCUT2D eigenvalue weighted by atomic mass is 32.1. The molecular formula is C13H23N3OS. The van der Waals surface area contributed by atoms with E-state index in [9.17, 15) is 0 Å². The lowest BCUT2D eigenvalue weighted by Gasteiger charge is -2.17. The Bertz CT molecular complexity index is 411. The quantitative estimate of drug-likeness (QED) is 0.913. The predicted octanol–water partition coefficient (Wildman–Crippen LogP) is 2.12. The normalized spacial score (nSPS) is 20.7. The zero-order valence-electron chi connectivity index (χ0n) is 11.7. The molecule has 0 bridgehead atoms. The van der Waals surface area contributed by atoms with Crippen LogP contribution in [0.25, 0.3) is 0 Å². The molecule has 0 spiro atoms. The Morgan fingerprint density at radius 3 is 2.67 bits per heavy atom. The SMILES string of the molecule is COC1CCN(c2nc(C(C)(C)C)c(CN)s2)C1. The Kier molecular flexibility index (Phi) is 3.94. The topological polar surface area (TPSA) is 51.4 Å². The molecule has 0 aromatic carbocycles. The minimum Gasteiger partial charge on any atom is -0.380 e. The first-order valence-corrected chi connectivity index (χ1v) is 7.25. The fraction of sp³-hybridized carbons (Fsp3) is 0.769. The molecule has 1 aromatic rings. The summed E-state index contributed by atoms with van der Waals surface area (Å²) in [6.07, 6.45) is 1.42. The molecular weight excluding hydrogens is 246 g/mol. The zero-order chi connectivity index (χ0) is 13.3. The van der Waals surface area contributed by atoms with Crippen LogP contribution >= 0.6 is 11.3 Å². The van der Waals surface area contributed by atoms with Gasteiger partial charge in [0.2, 0.25) is 0 Å². The molecule has 1 atom stereocenters. The maximum atomic E-state index is 5.84. The van der Waals surface area contributed by atoms with Crippen molar-refractivity contribution in [2.45, 2.75) is 45.3 Å². The molecule has 5 heteroatoms. The van der Waals surface area contributed by atoms with Gasteiger partial charge in [0.1, 0.15) is 0 Å². The number of methoxy groups -OCH3 is 1. The molecule has 18 heavy (non-hydrogen) atoms. The maximum Gasteiger partial charge on any atom is 0.185 e. The lowest BCUT2D eigenvalue weighted by Crippen LogP contribution is -2.22. The van der Waals surface area contributed by atoms with Crippen LogP contribution < -0.4 is 10.6 Å². The molecule has 0 saturated carbocycles. The molecule has 4 nitrogen and oxygen atoms in total. The van der Waals surface area contributed by atoms with Crippen LogP contribution in [0.3, 0.4) is 0 Å². The summed E-state index contributed by atoms with van der Waals surface area (Å²) in [5.41, 5.74) is 7.04. The first-order chi connectivity index (χ1) is 8.45. The highest BCUT2D eigenvalue weighted by Crippen LogP contribution is 2.34. The van der Waals surface area contributed by atoms with Crippen molar-refractivity contribution in [3.8, 4) is 0 Å². The van der Waals surface area contributed by atoms with E-state index in [1.165, 1.54) is 4.88 Å². The summed E-state index contributed by atoms with van der Waals surface area (Å²) in [5, 5.41) is 1.10. The molecule has 2 N–H and O–H groups in total. The number of hydrogen-bond acceptors (Lipinski definition) is 5. The Labute approximate surface area is 113 Å². The van der Waals surface area contributed by atoms with Crippen molar-refractivity contribution in [2.75, 3.05) is 25.1 Å². The van der Waals surface area contributed by atoms with Crippen molar-refractivity contribution < 1.29 is 4.74 Å². The van der Waals surface area contributed by atoms with E-state index in [-0.39, 0.29) is 5.41 Å². The molecule has 1 aromatic heterocycles. The number of hydrogen-bond donors (Lipinski definition) is 1. The molecule has 0 amide bonds. The summed E-state index contributed by atoms with van der Waals surface area (Å²) in [4.78, 5) is 8.33. The monoisotopic (exact) mass is 269 g/mol. The van der Waals surface area contributed by atoms with Crippen molar-refractivity contribution in [3.05, 3.63) is 10.6 Å². The van der Waals surface area contributed by atoms with Gasteiger partial charge in [0.05, 0.1) is 11.8 Å². The molecule has 0 radical (unpaired) electrons. The van der Waals surface area contributed by atoms with Crippen molar-refractivity contribution in [2.24, 2.45) is 5.73 Å². The average molecular weight is 269 g/mol. The van der Waals surface area contributed by atoms with Gasteiger partial charge in [-0.2, -0.15) is 0 Å². The third kappa shape index (κ3) is 2.68. The number of rotatable bonds is 3. The van der Waals surface area contributed by atoms with E-state index in [0.717, 1.165) is 30.3 Å². The van der Waals surface area contributed by atoms with Gasteiger partial charge < -0.3 is 15.4 Å². The first-order valence-electron chi connectivity index (χ1n) is 6.43. The fourth-order valence-corrected chi connectivity index (χ4v) is 3.48. The van der Waals surface area contributed by atoms with Crippen molar-refractivity contribution in [1.29, 1.82) is 0 Å². The standard InChI is InChI=1S/C13H23N3OS/c1-13(2,3)11-10(7-14)18-12(15-11)16-6-5-9(8-16)17-4/h9H,5-8,14H2,1-4H3. The molecule has 1 unspecified atom stereocenters. The van der Waals surface area contributed by atoms with Crippen LogP contribution in [0.4, 0.5) is 5.13 Å². The van der Waals surface area contributed by atoms with Gasteiger partial charge in [0.15, 0.2) is 5.13 Å². The number of anilines is 1. The van der Waals surface area contributed by atoms with Crippen LogP contribution in [0, 0.1) is 0 Å². The fourth-order valence-electron chi connectivity index (χ4n) is 2.29. The maximum absolute atomic E-state index is 5.84. The molecule has 2 rings (SSSR count). The van der Waals surface area contributed by atoms with Crippen LogP contribution in [0.1, 0.15) is 37.8 Å². The van der Waals surface area contributed by atoms with Crippen molar-refractivity contribution >= 4 is 16.5 Å². The number of nitrogens with zero attached hydrogens (tertiary/aromatic N) is 2. The number of ether oxygens (including phenoxy) is 1. The molecule has 1 aliphatic heterocycles. The van der Waals surface area contributed by atoms with E-state index in [1.807, 2.05) is 0 Å². The first kappa shape index (κ1) is 13.8. The van der Waals surface area contributed by atoms with Gasteiger partial charge in [-0.1, -0.05) is 20.8 Å². The molecule has 2 heterocycles. The van der Waals surface area contributed by atoms with Gasteiger partial charge in [0.25, 0.3) is 0 Å². The van der Waals surface area contributed by atoms with Gasteiger partial charge in [0, 0.05) is 37.0 Å². The number of nitrogens with two attached hydrogens (primary N) is 1. The second kappa shape index (κ2) is 5.15. The summed E-state index contributed by atoms with van der Waals surface area (Å²) >= 11 is 1.73. The summed E-state index contributed by atoms with van der Waals surface area (Å²) in [5.74, 6) is 0. The smallest absolute Gasteiger partial charge is 0.185 e. The average Bonchev–Trinajstić information content (AvgIpc) is 2.94. The van der Waals surface area contributed by atoms with Gasteiger partial charge in [-0.3, -0.25) is 0 Å². The van der Waals surface area contributed by atoms with E-state index in [2.05, 4.69) is 25.7 Å². The number of aromatic nitrogens is 1. The van der Waals surface area contributed by atoms with E-state index < -0.39 is 0 Å². The van der Waals surface area contributed by atoms with E-state index in [1.54, 1.807) is 18.4 Å². The van der Waals surface area contributed by atoms with Gasteiger partial charge in [-0.15, -0.1) is 11.3 Å². The summed E-state index contributed by atoms with van der Waals surface area (Å²) in [6.45, 7) is 9.11. The predicted molar refractivity (Wildman–Crippen MR) is 76.3 cm³/mol. The highest BCUT2D eigenvalue weighted by Gasteiger charge is 2.28. The summed E-state index contributed by atoms with van der Waals surface area (Å²) < 4.78 is 5.40. The molecule has 1 aliphatic rings. The van der Waals surface area contributed by atoms with Crippen LogP contribution in [0.2, 0.25) is 0 Å². The second-order valence-electron chi connectivity index (χ2n) is 5.81. The molecule has 102 valence electrons. The second-order valence-corrected chi connectivity index (χ2v) is 6.88. The molecule has 1 fully saturated rings. The Morgan fingerprint density at radius 2 is 2.22 bits per heavy atom. The van der Waals surface area contributed by atoms with Crippen molar-refractivity contribution in [1.82, 2.24) is 4.98 Å². The Morgan fingerprint density at radius 1 is 1.50 bits per heavy atom. The van der Waals surface area contributed by atoms with Crippen molar-refractivity contribution in [3.63, 3.8) is 0 Å². The Hall–Kier alpha value is -0.650. The lowest BCUT2D eigenvalue weighted by atomic mass is 9.91. The van der Waals surface area contributed by atoms with E-state index in [4.69, 9.17) is 15.5 Å².